The highest BCUT2D eigenvalue weighted by molar-refractivity contribution is 6.04. The van der Waals surface area contributed by atoms with Crippen molar-refractivity contribution in [1.82, 2.24) is 10.2 Å². The minimum atomic E-state index is -0.511. The lowest BCUT2D eigenvalue weighted by Gasteiger charge is -2.19. The Balaban J connectivity index is 2.58. The number of nitrogens with zero attached hydrogens (tertiary/aromatic N) is 2. The normalized spacial score (nSPS) is 20.4. The quantitative estimate of drug-likeness (QED) is 0.739. The second kappa shape index (κ2) is 5.17. The molecule has 1 rings (SSSR count). The molecule has 0 aromatic heterocycles. The van der Waals surface area contributed by atoms with E-state index in [1.807, 2.05) is 6.92 Å². The second-order valence-electron chi connectivity index (χ2n) is 5.03. The van der Waals surface area contributed by atoms with Crippen LogP contribution in [-0.2, 0) is 4.79 Å². The number of urea groups is 1. The Labute approximate surface area is 102 Å². The van der Waals surface area contributed by atoms with Crippen LogP contribution < -0.4 is 5.32 Å². The van der Waals surface area contributed by atoms with E-state index in [4.69, 9.17) is 5.26 Å². The topological polar surface area (TPSA) is 73.2 Å². The molecule has 1 aliphatic heterocycles. The summed E-state index contributed by atoms with van der Waals surface area (Å²) >= 11 is 0. The standard InChI is InChI=1S/C12H19N3O2/c1-4-5-9-10(16)15(11(17)14-9)7-6-12(2,3)8-13/h9H,4-7H2,1-3H3,(H,14,17). The molecule has 0 bridgehead atoms. The lowest BCUT2D eigenvalue weighted by Crippen LogP contribution is -2.34. The van der Waals surface area contributed by atoms with Gasteiger partial charge in [0.25, 0.3) is 5.91 Å². The van der Waals surface area contributed by atoms with E-state index in [-0.39, 0.29) is 18.0 Å². The van der Waals surface area contributed by atoms with Gasteiger partial charge in [0.05, 0.1) is 11.5 Å². The smallest absolute Gasteiger partial charge is 0.324 e. The highest BCUT2D eigenvalue weighted by Crippen LogP contribution is 2.21. The lowest BCUT2D eigenvalue weighted by molar-refractivity contribution is -0.127. The predicted molar refractivity (Wildman–Crippen MR) is 63.0 cm³/mol. The molecule has 0 aliphatic carbocycles. The van der Waals surface area contributed by atoms with E-state index in [9.17, 15) is 9.59 Å². The third kappa shape index (κ3) is 3.19. The summed E-state index contributed by atoms with van der Waals surface area (Å²) in [6, 6.07) is 1.45. The van der Waals surface area contributed by atoms with Crippen molar-refractivity contribution < 1.29 is 9.59 Å². The molecule has 3 amide bonds. The molecule has 0 aromatic rings. The molecule has 1 fully saturated rings. The summed E-state index contributed by atoms with van der Waals surface area (Å²) in [6.07, 6.45) is 2.03. The van der Waals surface area contributed by atoms with Gasteiger partial charge in [0.2, 0.25) is 0 Å². The van der Waals surface area contributed by atoms with Crippen LogP contribution in [0.2, 0.25) is 0 Å². The van der Waals surface area contributed by atoms with Gasteiger partial charge in [-0.15, -0.1) is 0 Å². The number of hydrogen-bond donors (Lipinski definition) is 1. The number of hydrogen-bond acceptors (Lipinski definition) is 3. The highest BCUT2D eigenvalue weighted by Gasteiger charge is 2.37. The number of amides is 3. The first-order valence-electron chi connectivity index (χ1n) is 5.94. The molecule has 0 spiro atoms. The van der Waals surface area contributed by atoms with Crippen LogP contribution in [0.5, 0.6) is 0 Å². The van der Waals surface area contributed by atoms with Crippen molar-refractivity contribution in [3.63, 3.8) is 0 Å². The van der Waals surface area contributed by atoms with Crippen molar-refractivity contribution in [3.05, 3.63) is 0 Å². The predicted octanol–water partition coefficient (Wildman–Crippen LogP) is 1.65. The van der Waals surface area contributed by atoms with Gasteiger partial charge >= 0.3 is 6.03 Å². The Morgan fingerprint density at radius 1 is 1.47 bits per heavy atom. The summed E-state index contributed by atoms with van der Waals surface area (Å²) < 4.78 is 0. The van der Waals surface area contributed by atoms with Crippen LogP contribution in [0.4, 0.5) is 4.79 Å². The number of rotatable bonds is 5. The fourth-order valence-electron chi connectivity index (χ4n) is 1.72. The molecule has 1 N–H and O–H groups in total. The molecule has 1 aliphatic rings. The maximum absolute atomic E-state index is 11.9. The van der Waals surface area contributed by atoms with E-state index < -0.39 is 5.41 Å². The van der Waals surface area contributed by atoms with Crippen LogP contribution in [0, 0.1) is 16.7 Å². The summed E-state index contributed by atoms with van der Waals surface area (Å²) in [7, 11) is 0. The monoisotopic (exact) mass is 237 g/mol. The molecule has 1 atom stereocenters. The summed E-state index contributed by atoms with van der Waals surface area (Å²) in [5.74, 6) is -0.161. The van der Waals surface area contributed by atoms with Gasteiger partial charge in [0.1, 0.15) is 6.04 Å². The van der Waals surface area contributed by atoms with Gasteiger partial charge in [-0.25, -0.2) is 4.79 Å². The molecule has 1 unspecified atom stereocenters. The van der Waals surface area contributed by atoms with Crippen molar-refractivity contribution in [1.29, 1.82) is 5.26 Å². The van der Waals surface area contributed by atoms with Crippen LogP contribution in [0.3, 0.4) is 0 Å². The molecule has 5 heteroatoms. The summed E-state index contributed by atoms with van der Waals surface area (Å²) in [5.41, 5.74) is -0.511. The average Bonchev–Trinajstić information content (AvgIpc) is 2.53. The van der Waals surface area contributed by atoms with Crippen molar-refractivity contribution in [2.75, 3.05) is 6.54 Å². The van der Waals surface area contributed by atoms with E-state index in [0.29, 0.717) is 19.4 Å². The molecule has 0 radical (unpaired) electrons. The van der Waals surface area contributed by atoms with Crippen LogP contribution in [0.15, 0.2) is 0 Å². The minimum Gasteiger partial charge on any atom is -0.326 e. The Bertz CT molecular complexity index is 357. The fraction of sp³-hybridized carbons (Fsp3) is 0.750. The maximum atomic E-state index is 11.9. The van der Waals surface area contributed by atoms with Crippen LogP contribution >= 0.6 is 0 Å². The zero-order chi connectivity index (χ0) is 13.1. The zero-order valence-corrected chi connectivity index (χ0v) is 10.6. The van der Waals surface area contributed by atoms with Crippen molar-refractivity contribution in [3.8, 4) is 6.07 Å². The molecule has 1 saturated heterocycles. The Morgan fingerprint density at radius 2 is 2.12 bits per heavy atom. The number of carbonyl (C=O) groups is 2. The van der Waals surface area contributed by atoms with Gasteiger partial charge in [-0.2, -0.15) is 5.26 Å². The summed E-state index contributed by atoms with van der Waals surface area (Å²) in [4.78, 5) is 24.7. The first-order chi connectivity index (χ1) is 7.91. The second-order valence-corrected chi connectivity index (χ2v) is 5.03. The molecule has 0 aromatic carbocycles. The van der Waals surface area contributed by atoms with Gasteiger partial charge in [0, 0.05) is 6.54 Å². The van der Waals surface area contributed by atoms with Crippen molar-refractivity contribution >= 4 is 11.9 Å². The highest BCUT2D eigenvalue weighted by atomic mass is 16.2. The number of nitriles is 1. The van der Waals surface area contributed by atoms with Gasteiger partial charge in [-0.3, -0.25) is 9.69 Å². The largest absolute Gasteiger partial charge is 0.326 e. The van der Waals surface area contributed by atoms with Crippen LogP contribution in [0.25, 0.3) is 0 Å². The molecule has 17 heavy (non-hydrogen) atoms. The number of carbonyl (C=O) groups excluding carboxylic acids is 2. The summed E-state index contributed by atoms with van der Waals surface area (Å²) in [6.45, 7) is 5.89. The molecule has 1 heterocycles. The van der Waals surface area contributed by atoms with Gasteiger partial charge in [-0.1, -0.05) is 13.3 Å². The van der Waals surface area contributed by atoms with Crippen molar-refractivity contribution in [2.24, 2.45) is 5.41 Å². The van der Waals surface area contributed by atoms with E-state index >= 15 is 0 Å². The molecular weight excluding hydrogens is 218 g/mol. The third-order valence-electron chi connectivity index (χ3n) is 2.95. The first kappa shape index (κ1) is 13.5. The van der Waals surface area contributed by atoms with E-state index in [1.165, 1.54) is 4.90 Å². The Kier molecular flexibility index (Phi) is 4.11. The van der Waals surface area contributed by atoms with E-state index in [1.54, 1.807) is 13.8 Å². The maximum Gasteiger partial charge on any atom is 0.324 e. The minimum absolute atomic E-state index is 0.161. The Morgan fingerprint density at radius 3 is 2.65 bits per heavy atom. The zero-order valence-electron chi connectivity index (χ0n) is 10.6. The van der Waals surface area contributed by atoms with E-state index in [0.717, 1.165) is 6.42 Å². The third-order valence-corrected chi connectivity index (χ3v) is 2.95. The van der Waals surface area contributed by atoms with Crippen LogP contribution in [0.1, 0.15) is 40.0 Å². The number of imide groups is 1. The van der Waals surface area contributed by atoms with E-state index in [2.05, 4.69) is 11.4 Å². The fourth-order valence-corrected chi connectivity index (χ4v) is 1.72. The molecular formula is C12H19N3O2. The molecule has 0 saturated carbocycles. The number of nitrogens with one attached hydrogen (secondary N) is 1. The molecule has 94 valence electrons. The lowest BCUT2D eigenvalue weighted by atomic mass is 9.91. The SMILES string of the molecule is CCCC1NC(=O)N(CCC(C)(C)C#N)C1=O. The summed E-state index contributed by atoms with van der Waals surface area (Å²) in [5, 5.41) is 11.5. The Hall–Kier alpha value is -1.57. The van der Waals surface area contributed by atoms with Crippen LogP contribution in [-0.4, -0.2) is 29.4 Å². The van der Waals surface area contributed by atoms with Gasteiger partial charge < -0.3 is 5.32 Å². The van der Waals surface area contributed by atoms with Crippen molar-refractivity contribution in [2.45, 2.75) is 46.1 Å². The average molecular weight is 237 g/mol. The van der Waals surface area contributed by atoms with Gasteiger partial charge in [-0.05, 0) is 26.7 Å². The van der Waals surface area contributed by atoms with Gasteiger partial charge in [0.15, 0.2) is 0 Å². The molecule has 5 nitrogen and oxygen atoms in total. The first-order valence-corrected chi connectivity index (χ1v) is 5.94.